The van der Waals surface area contributed by atoms with Crippen LogP contribution >= 0.6 is 0 Å². The van der Waals surface area contributed by atoms with E-state index in [9.17, 15) is 14.3 Å². The minimum Gasteiger partial charge on any atom is -0.396 e. The summed E-state index contributed by atoms with van der Waals surface area (Å²) in [6, 6.07) is 5.58. The van der Waals surface area contributed by atoms with Gasteiger partial charge in [-0.15, -0.1) is 0 Å². The van der Waals surface area contributed by atoms with Crippen molar-refractivity contribution in [3.05, 3.63) is 47.8 Å². The maximum atomic E-state index is 13.6. The fourth-order valence-electron chi connectivity index (χ4n) is 3.32. The highest BCUT2D eigenvalue weighted by Crippen LogP contribution is 2.24. The first-order valence-electron chi connectivity index (χ1n) is 8.34. The van der Waals surface area contributed by atoms with E-state index in [1.807, 2.05) is 17.1 Å². The largest absolute Gasteiger partial charge is 0.396 e. The summed E-state index contributed by atoms with van der Waals surface area (Å²) >= 11 is 0. The number of ether oxygens (including phenoxy) is 1. The molecule has 0 radical (unpaired) electrons. The van der Waals surface area contributed by atoms with Crippen molar-refractivity contribution < 1.29 is 19.0 Å². The molecule has 1 heterocycles. The fourth-order valence-corrected chi connectivity index (χ4v) is 3.32. The van der Waals surface area contributed by atoms with Gasteiger partial charge in [-0.3, -0.25) is 9.69 Å². The summed E-state index contributed by atoms with van der Waals surface area (Å²) in [5.41, 5.74) is 0.648. The molecule has 1 aromatic rings. The van der Waals surface area contributed by atoms with Gasteiger partial charge in [-0.25, -0.2) is 4.39 Å². The molecule has 1 aliphatic carbocycles. The number of amides is 1. The van der Waals surface area contributed by atoms with Crippen molar-refractivity contribution in [1.29, 1.82) is 0 Å². The van der Waals surface area contributed by atoms with Crippen LogP contribution in [0.25, 0.3) is 0 Å². The topological polar surface area (TPSA) is 61.8 Å². The number of benzene rings is 1. The molecule has 2 N–H and O–H groups in total. The third kappa shape index (κ3) is 4.01. The Labute approximate surface area is 141 Å². The van der Waals surface area contributed by atoms with Gasteiger partial charge in [0.2, 0.25) is 5.91 Å². The van der Waals surface area contributed by atoms with E-state index in [2.05, 4.69) is 5.32 Å². The lowest BCUT2D eigenvalue weighted by Crippen LogP contribution is -2.47. The molecule has 130 valence electrons. The molecule has 1 aromatic carbocycles. The first-order valence-corrected chi connectivity index (χ1v) is 8.34. The molecule has 1 aliphatic heterocycles. The van der Waals surface area contributed by atoms with Gasteiger partial charge in [0.1, 0.15) is 11.9 Å². The van der Waals surface area contributed by atoms with E-state index in [4.69, 9.17) is 4.74 Å². The molecule has 3 rings (SSSR count). The lowest BCUT2D eigenvalue weighted by atomic mass is 10.0. The third-order valence-electron chi connectivity index (χ3n) is 4.56. The van der Waals surface area contributed by atoms with Crippen LogP contribution in [0.3, 0.4) is 0 Å². The Morgan fingerprint density at radius 3 is 2.83 bits per heavy atom. The summed E-state index contributed by atoms with van der Waals surface area (Å²) in [6.45, 7) is 2.48. The van der Waals surface area contributed by atoms with Crippen molar-refractivity contribution >= 4 is 5.91 Å². The van der Waals surface area contributed by atoms with Crippen LogP contribution in [-0.4, -0.2) is 54.9 Å². The molecule has 1 fully saturated rings. The van der Waals surface area contributed by atoms with Gasteiger partial charge in [-0.2, -0.15) is 0 Å². The van der Waals surface area contributed by atoms with Crippen molar-refractivity contribution in [2.75, 3.05) is 32.9 Å². The lowest BCUT2D eigenvalue weighted by molar-refractivity contribution is -0.129. The number of halogens is 1. The highest BCUT2D eigenvalue weighted by Gasteiger charge is 2.31. The lowest BCUT2D eigenvalue weighted by Gasteiger charge is -2.34. The van der Waals surface area contributed by atoms with Crippen LogP contribution in [0.4, 0.5) is 4.39 Å². The van der Waals surface area contributed by atoms with E-state index in [1.165, 1.54) is 12.1 Å². The van der Waals surface area contributed by atoms with Crippen LogP contribution < -0.4 is 5.32 Å². The summed E-state index contributed by atoms with van der Waals surface area (Å²) < 4.78 is 19.0. The Kier molecular flexibility index (Phi) is 5.60. The standard InChI is InChI=1S/C18H23FN2O3/c19-15-3-1-2-14(11-15)17(21-6-8-24-9-7-21)18(23)20-16-5-4-13(10-16)12-22/h1-5,11,13,16-17,22H,6-10,12H2,(H,20,23)/t13-,16+,17?/m0/s1. The number of nitrogens with zero attached hydrogens (tertiary/aromatic N) is 1. The second-order valence-electron chi connectivity index (χ2n) is 6.28. The number of carbonyl (C=O) groups is 1. The van der Waals surface area contributed by atoms with E-state index in [1.54, 1.807) is 12.1 Å². The second-order valence-corrected chi connectivity index (χ2v) is 6.28. The Morgan fingerprint density at radius 1 is 1.38 bits per heavy atom. The maximum Gasteiger partial charge on any atom is 0.242 e. The van der Waals surface area contributed by atoms with Gasteiger partial charge in [0.05, 0.1) is 13.2 Å². The summed E-state index contributed by atoms with van der Waals surface area (Å²) in [7, 11) is 0. The van der Waals surface area contributed by atoms with E-state index < -0.39 is 6.04 Å². The second kappa shape index (κ2) is 7.88. The van der Waals surface area contributed by atoms with Crippen molar-refractivity contribution in [1.82, 2.24) is 10.2 Å². The zero-order valence-electron chi connectivity index (χ0n) is 13.5. The van der Waals surface area contributed by atoms with Gasteiger partial charge < -0.3 is 15.2 Å². The molecule has 6 heteroatoms. The molecule has 2 aliphatic rings. The number of morpholine rings is 1. The van der Waals surface area contributed by atoms with E-state index in [0.717, 1.165) is 0 Å². The minimum atomic E-state index is -0.536. The Bertz CT molecular complexity index is 602. The third-order valence-corrected chi connectivity index (χ3v) is 4.56. The quantitative estimate of drug-likeness (QED) is 0.796. The summed E-state index contributed by atoms with van der Waals surface area (Å²) in [5.74, 6) is -0.401. The van der Waals surface area contributed by atoms with Gasteiger partial charge in [-0.1, -0.05) is 24.3 Å². The monoisotopic (exact) mass is 334 g/mol. The Hall–Kier alpha value is -1.76. The van der Waals surface area contributed by atoms with Crippen molar-refractivity contribution in [3.63, 3.8) is 0 Å². The van der Waals surface area contributed by atoms with Crippen LogP contribution in [0.1, 0.15) is 18.0 Å². The molecule has 0 aromatic heterocycles. The average Bonchev–Trinajstić information content (AvgIpc) is 3.04. The fraction of sp³-hybridized carbons (Fsp3) is 0.500. The average molecular weight is 334 g/mol. The van der Waals surface area contributed by atoms with Crippen molar-refractivity contribution in [2.24, 2.45) is 5.92 Å². The Balaban J connectivity index is 1.76. The van der Waals surface area contributed by atoms with E-state index in [-0.39, 0.29) is 30.3 Å². The number of hydrogen-bond acceptors (Lipinski definition) is 4. The Morgan fingerprint density at radius 2 is 2.17 bits per heavy atom. The zero-order chi connectivity index (χ0) is 16.9. The van der Waals surface area contributed by atoms with Gasteiger partial charge in [0, 0.05) is 31.7 Å². The van der Waals surface area contributed by atoms with Crippen LogP contribution in [0.15, 0.2) is 36.4 Å². The zero-order valence-corrected chi connectivity index (χ0v) is 13.5. The highest BCUT2D eigenvalue weighted by molar-refractivity contribution is 5.83. The molecule has 1 saturated heterocycles. The normalized spacial score (nSPS) is 25.6. The van der Waals surface area contributed by atoms with Crippen LogP contribution in [-0.2, 0) is 9.53 Å². The minimum absolute atomic E-state index is 0.0830. The molecular weight excluding hydrogens is 311 g/mol. The molecule has 5 nitrogen and oxygen atoms in total. The summed E-state index contributed by atoms with van der Waals surface area (Å²) in [5, 5.41) is 12.2. The predicted molar refractivity (Wildman–Crippen MR) is 87.8 cm³/mol. The summed E-state index contributed by atoms with van der Waals surface area (Å²) in [6.07, 6.45) is 4.54. The van der Waals surface area contributed by atoms with Gasteiger partial charge in [0.25, 0.3) is 0 Å². The first kappa shape index (κ1) is 17.1. The highest BCUT2D eigenvalue weighted by atomic mass is 19.1. The van der Waals surface area contributed by atoms with Gasteiger partial charge >= 0.3 is 0 Å². The smallest absolute Gasteiger partial charge is 0.242 e. The number of rotatable bonds is 5. The molecule has 1 unspecified atom stereocenters. The van der Waals surface area contributed by atoms with E-state index >= 15 is 0 Å². The van der Waals surface area contributed by atoms with Crippen LogP contribution in [0.5, 0.6) is 0 Å². The summed E-state index contributed by atoms with van der Waals surface area (Å²) in [4.78, 5) is 14.9. The molecule has 0 saturated carbocycles. The molecule has 0 spiro atoms. The van der Waals surface area contributed by atoms with Crippen molar-refractivity contribution in [2.45, 2.75) is 18.5 Å². The molecule has 3 atom stereocenters. The van der Waals surface area contributed by atoms with Gasteiger partial charge in [0.15, 0.2) is 0 Å². The van der Waals surface area contributed by atoms with Crippen LogP contribution in [0.2, 0.25) is 0 Å². The maximum absolute atomic E-state index is 13.6. The van der Waals surface area contributed by atoms with Gasteiger partial charge in [-0.05, 0) is 24.1 Å². The molecule has 0 bridgehead atoms. The molecule has 1 amide bonds. The number of aliphatic hydroxyl groups excluding tert-OH is 1. The number of hydrogen-bond donors (Lipinski definition) is 2. The SMILES string of the molecule is O=C(N[C@@H]1C=C[C@H](CO)C1)C(c1cccc(F)c1)N1CCOCC1. The van der Waals surface area contributed by atoms with Crippen molar-refractivity contribution in [3.8, 4) is 0 Å². The number of carbonyl (C=O) groups excluding carboxylic acids is 1. The molecule has 24 heavy (non-hydrogen) atoms. The van der Waals surface area contributed by atoms with Crippen LogP contribution in [0, 0.1) is 11.7 Å². The number of aliphatic hydroxyl groups is 1. The van der Waals surface area contributed by atoms with E-state index in [0.29, 0.717) is 38.3 Å². The molecular formula is C18H23FN2O3. The number of nitrogens with one attached hydrogen (secondary N) is 1. The predicted octanol–water partition coefficient (Wildman–Crippen LogP) is 1.25. The first-order chi connectivity index (χ1) is 11.7.